The number of nitrogens with one attached hydrogen (secondary N) is 1. The summed E-state index contributed by atoms with van der Waals surface area (Å²) in [6.45, 7) is 6.65. The normalized spacial score (nSPS) is 33.2. The zero-order chi connectivity index (χ0) is 12.8. The van der Waals surface area contributed by atoms with Crippen LogP contribution in [0.3, 0.4) is 0 Å². The molecule has 0 spiro atoms. The second-order valence-corrected chi connectivity index (χ2v) is 6.06. The second-order valence-electron chi connectivity index (χ2n) is 6.06. The molecular formula is C15H30N2O. The Balaban J connectivity index is 1.70. The topological polar surface area (TPSA) is 24.5 Å². The number of hydrogen-bond acceptors (Lipinski definition) is 3. The van der Waals surface area contributed by atoms with Crippen molar-refractivity contribution < 1.29 is 4.74 Å². The van der Waals surface area contributed by atoms with Crippen LogP contribution in [-0.2, 0) is 4.74 Å². The van der Waals surface area contributed by atoms with Gasteiger partial charge in [0, 0.05) is 25.7 Å². The van der Waals surface area contributed by atoms with E-state index in [9.17, 15) is 0 Å². The Morgan fingerprint density at radius 2 is 2.00 bits per heavy atom. The predicted molar refractivity (Wildman–Crippen MR) is 75.9 cm³/mol. The van der Waals surface area contributed by atoms with E-state index in [1.54, 1.807) is 0 Å². The van der Waals surface area contributed by atoms with Crippen molar-refractivity contribution in [2.24, 2.45) is 5.92 Å². The van der Waals surface area contributed by atoms with Crippen LogP contribution in [0.4, 0.5) is 0 Å². The number of ether oxygens (including phenoxy) is 1. The van der Waals surface area contributed by atoms with Gasteiger partial charge in [-0.25, -0.2) is 0 Å². The van der Waals surface area contributed by atoms with E-state index < -0.39 is 0 Å². The van der Waals surface area contributed by atoms with Crippen LogP contribution >= 0.6 is 0 Å². The largest absolute Gasteiger partial charge is 0.377 e. The number of likely N-dealkylation sites (N-methyl/N-ethyl adjacent to an activating group) is 1. The molecule has 0 amide bonds. The summed E-state index contributed by atoms with van der Waals surface area (Å²) in [6.07, 6.45) is 8.51. The molecule has 3 unspecified atom stereocenters. The van der Waals surface area contributed by atoms with Gasteiger partial charge in [-0.2, -0.15) is 0 Å². The van der Waals surface area contributed by atoms with Gasteiger partial charge in [0.05, 0.1) is 6.10 Å². The van der Waals surface area contributed by atoms with Crippen molar-refractivity contribution in [2.45, 2.75) is 57.6 Å². The lowest BCUT2D eigenvalue weighted by Gasteiger charge is -2.30. The molecule has 1 saturated heterocycles. The fourth-order valence-electron chi connectivity index (χ4n) is 3.56. The van der Waals surface area contributed by atoms with E-state index in [1.807, 2.05) is 0 Å². The molecule has 0 radical (unpaired) electrons. The zero-order valence-corrected chi connectivity index (χ0v) is 12.2. The second kappa shape index (κ2) is 7.46. The van der Waals surface area contributed by atoms with Gasteiger partial charge >= 0.3 is 0 Å². The van der Waals surface area contributed by atoms with Gasteiger partial charge in [0.2, 0.25) is 0 Å². The summed E-state index contributed by atoms with van der Waals surface area (Å²) in [6, 6.07) is 0.754. The monoisotopic (exact) mass is 254 g/mol. The SMILES string of the molecule is CCNC1CCCC1CN(C)CC1CCCCO1. The van der Waals surface area contributed by atoms with Crippen LogP contribution < -0.4 is 5.32 Å². The molecule has 3 heteroatoms. The number of hydrogen-bond donors (Lipinski definition) is 1. The van der Waals surface area contributed by atoms with E-state index >= 15 is 0 Å². The molecular weight excluding hydrogens is 224 g/mol. The summed E-state index contributed by atoms with van der Waals surface area (Å²) in [5.41, 5.74) is 0. The minimum Gasteiger partial charge on any atom is -0.377 e. The summed E-state index contributed by atoms with van der Waals surface area (Å²) in [4.78, 5) is 2.50. The predicted octanol–water partition coefficient (Wildman–Crippen LogP) is 2.27. The van der Waals surface area contributed by atoms with Gasteiger partial charge in [-0.15, -0.1) is 0 Å². The average molecular weight is 254 g/mol. The van der Waals surface area contributed by atoms with Gasteiger partial charge in [-0.1, -0.05) is 13.3 Å². The highest BCUT2D eigenvalue weighted by Gasteiger charge is 2.28. The van der Waals surface area contributed by atoms with E-state index in [0.29, 0.717) is 6.10 Å². The molecule has 106 valence electrons. The molecule has 2 rings (SSSR count). The van der Waals surface area contributed by atoms with Gasteiger partial charge in [-0.3, -0.25) is 0 Å². The van der Waals surface area contributed by atoms with Gasteiger partial charge < -0.3 is 15.0 Å². The third-order valence-electron chi connectivity index (χ3n) is 4.46. The zero-order valence-electron chi connectivity index (χ0n) is 12.2. The smallest absolute Gasteiger partial charge is 0.0701 e. The Morgan fingerprint density at radius 3 is 2.72 bits per heavy atom. The average Bonchev–Trinajstić information content (AvgIpc) is 2.78. The Labute approximate surface area is 112 Å². The Morgan fingerprint density at radius 1 is 1.11 bits per heavy atom. The highest BCUT2D eigenvalue weighted by atomic mass is 16.5. The summed E-state index contributed by atoms with van der Waals surface area (Å²) in [7, 11) is 2.26. The molecule has 3 nitrogen and oxygen atoms in total. The molecule has 0 bridgehead atoms. The number of nitrogens with zero attached hydrogens (tertiary/aromatic N) is 1. The van der Waals surface area contributed by atoms with Crippen LogP contribution in [-0.4, -0.2) is 50.3 Å². The first kappa shape index (κ1) is 14.3. The maximum absolute atomic E-state index is 5.83. The molecule has 0 aromatic heterocycles. The molecule has 1 heterocycles. The van der Waals surface area contributed by atoms with Crippen LogP contribution in [0.2, 0.25) is 0 Å². The quantitative estimate of drug-likeness (QED) is 0.787. The Kier molecular flexibility index (Phi) is 5.93. The molecule has 2 aliphatic rings. The first-order chi connectivity index (χ1) is 8.79. The van der Waals surface area contributed by atoms with Crippen molar-refractivity contribution in [3.8, 4) is 0 Å². The lowest BCUT2D eigenvalue weighted by molar-refractivity contribution is -0.00383. The van der Waals surface area contributed by atoms with Crippen molar-refractivity contribution in [2.75, 3.05) is 33.3 Å². The first-order valence-corrected chi connectivity index (χ1v) is 7.83. The van der Waals surface area contributed by atoms with Crippen LogP contribution in [0.25, 0.3) is 0 Å². The van der Waals surface area contributed by atoms with Crippen LogP contribution in [0.1, 0.15) is 45.4 Å². The summed E-state index contributed by atoms with van der Waals surface area (Å²) >= 11 is 0. The van der Waals surface area contributed by atoms with Crippen molar-refractivity contribution in [1.29, 1.82) is 0 Å². The van der Waals surface area contributed by atoms with E-state index in [4.69, 9.17) is 4.74 Å². The Bertz CT molecular complexity index is 229. The standard InChI is InChI=1S/C15H30N2O/c1-3-16-15-9-6-7-13(15)11-17(2)12-14-8-4-5-10-18-14/h13-16H,3-12H2,1-2H3. The lowest BCUT2D eigenvalue weighted by Crippen LogP contribution is -2.41. The van der Waals surface area contributed by atoms with Crippen molar-refractivity contribution in [3.05, 3.63) is 0 Å². The van der Waals surface area contributed by atoms with Crippen molar-refractivity contribution in [3.63, 3.8) is 0 Å². The lowest BCUT2D eigenvalue weighted by atomic mass is 10.0. The van der Waals surface area contributed by atoms with E-state index in [0.717, 1.165) is 31.7 Å². The van der Waals surface area contributed by atoms with Crippen LogP contribution in [0.15, 0.2) is 0 Å². The van der Waals surface area contributed by atoms with Crippen molar-refractivity contribution in [1.82, 2.24) is 10.2 Å². The molecule has 1 saturated carbocycles. The summed E-state index contributed by atoms with van der Waals surface area (Å²) in [5, 5.41) is 3.65. The Hall–Kier alpha value is -0.120. The van der Waals surface area contributed by atoms with Crippen LogP contribution in [0, 0.1) is 5.92 Å². The minimum absolute atomic E-state index is 0.489. The molecule has 0 aromatic carbocycles. The fourth-order valence-corrected chi connectivity index (χ4v) is 3.56. The highest BCUT2D eigenvalue weighted by Crippen LogP contribution is 2.26. The molecule has 18 heavy (non-hydrogen) atoms. The highest BCUT2D eigenvalue weighted by molar-refractivity contribution is 4.85. The maximum atomic E-state index is 5.83. The maximum Gasteiger partial charge on any atom is 0.0701 e. The third-order valence-corrected chi connectivity index (χ3v) is 4.46. The molecule has 1 aliphatic carbocycles. The van der Waals surface area contributed by atoms with Gasteiger partial charge in [0.1, 0.15) is 0 Å². The third kappa shape index (κ3) is 4.22. The molecule has 3 atom stereocenters. The summed E-state index contributed by atoms with van der Waals surface area (Å²) < 4.78 is 5.83. The molecule has 2 fully saturated rings. The van der Waals surface area contributed by atoms with Gasteiger partial charge in [0.25, 0.3) is 0 Å². The fraction of sp³-hybridized carbons (Fsp3) is 1.00. The van der Waals surface area contributed by atoms with E-state index in [2.05, 4.69) is 24.2 Å². The van der Waals surface area contributed by atoms with E-state index in [-0.39, 0.29) is 0 Å². The van der Waals surface area contributed by atoms with Gasteiger partial charge in [-0.05, 0) is 51.6 Å². The molecule has 0 aromatic rings. The number of rotatable bonds is 6. The van der Waals surface area contributed by atoms with Crippen molar-refractivity contribution >= 4 is 0 Å². The van der Waals surface area contributed by atoms with E-state index in [1.165, 1.54) is 45.1 Å². The minimum atomic E-state index is 0.489. The molecule has 1 N–H and O–H groups in total. The van der Waals surface area contributed by atoms with Crippen LogP contribution in [0.5, 0.6) is 0 Å². The summed E-state index contributed by atoms with van der Waals surface area (Å²) in [5.74, 6) is 0.846. The van der Waals surface area contributed by atoms with Gasteiger partial charge in [0.15, 0.2) is 0 Å². The first-order valence-electron chi connectivity index (χ1n) is 7.83. The molecule has 1 aliphatic heterocycles.